The van der Waals surface area contributed by atoms with Gasteiger partial charge >= 0.3 is 11.9 Å². The minimum atomic E-state index is -1.93. The van der Waals surface area contributed by atoms with Gasteiger partial charge in [-0.05, 0) is 156 Å². The second-order valence-electron chi connectivity index (χ2n) is 31.1. The molecule has 0 spiro atoms. The molecule has 3 heterocycles. The van der Waals surface area contributed by atoms with Gasteiger partial charge < -0.3 is 123 Å². The van der Waals surface area contributed by atoms with E-state index in [-0.39, 0.29) is 177 Å². The highest BCUT2D eigenvalue weighted by Crippen LogP contribution is 2.25. The van der Waals surface area contributed by atoms with Crippen LogP contribution in [0.3, 0.4) is 0 Å². The number of unbranched alkanes of at least 4 members (excludes halogenated alkanes) is 1. The molecule has 3 aliphatic heterocycles. The van der Waals surface area contributed by atoms with Crippen molar-refractivity contribution < 1.29 is 97.1 Å². The molecule has 27 N–H and O–H groups in total. The topological polar surface area (TPSA) is 674 Å². The van der Waals surface area contributed by atoms with Gasteiger partial charge in [-0.2, -0.15) is 0 Å². The third kappa shape index (κ3) is 32.8. The first-order valence-corrected chi connectivity index (χ1v) is 40.3. The lowest BCUT2D eigenvalue weighted by Gasteiger charge is -2.32. The number of carbonyl (C=O) groups is 16. The summed E-state index contributed by atoms with van der Waals surface area (Å²) in [6.07, 6.45) is -1.46. The lowest BCUT2D eigenvalue weighted by Crippen LogP contribution is -2.61. The van der Waals surface area contributed by atoms with Gasteiger partial charge in [-0.15, -0.1) is 0 Å². The number of hydrogen-bond acceptors (Lipinski definition) is 21. The Labute approximate surface area is 690 Å². The van der Waals surface area contributed by atoms with Crippen LogP contribution in [-0.2, 0) is 89.6 Å². The summed E-state index contributed by atoms with van der Waals surface area (Å²) in [7, 11) is 0. The average molecular weight is 1670 g/mol. The summed E-state index contributed by atoms with van der Waals surface area (Å²) in [4.78, 5) is 234. The van der Waals surface area contributed by atoms with E-state index >= 15 is 9.59 Å². The lowest BCUT2D eigenvalue weighted by molar-refractivity contribution is -0.144. The molecule has 3 fully saturated rings. The number of hydrogen-bond donors (Lipinski definition) is 21. The standard InChI is InChI=1S/C78H121N21O20/c1-7-43(6)63(73(115)96-57(76(118)119)37-42(4)5)97-70(112)55(39-45-21-25-47(101)26-22-45)95-72(114)59-18-13-35-99(59)75(117)52(16-11-33-86-78(83)84)90-64(106)48(15-10-32-85-77(81)82)89-71(113)58-17-12-34-98(58)74(116)51(14-8-9-31-79)91-69(111)56(40-60(80)102)94-66(108)50(28-30-62(104)105)88-68(110)54(38-44-19-23-46(100)24-20-44)93-67(109)53(36-41(2)3)92-65(107)49-27-29-61(103)87-49/h19-26,41-43,48-59,63,100-101H,7-18,27-40,79H2,1-6H3,(H2,80,102)(H,87,103)(H,88,110)(H,89,113)(H,90,106)(H,91,111)(H,92,107)(H,93,109)(H,94,108)(H,95,114)(H,96,115)(H,97,112)(H,104,105)(H,118,119)(H4,81,82,85)(H4,83,84,86)/t43-,48-,49-,50-,51-,52-,53-,54-,55-,56-,57+,58-,59-,63-/m0/s1. The molecule has 41 nitrogen and oxygen atoms in total. The maximum Gasteiger partial charge on any atom is 0.326 e. The largest absolute Gasteiger partial charge is 0.508 e. The van der Waals surface area contributed by atoms with Gasteiger partial charge in [-0.25, -0.2) is 4.79 Å². The molecule has 5 rings (SSSR count). The van der Waals surface area contributed by atoms with Crippen molar-refractivity contribution in [1.82, 2.24) is 68.3 Å². The number of primary amides is 1. The first-order chi connectivity index (χ1) is 56.3. The van der Waals surface area contributed by atoms with E-state index in [0.717, 1.165) is 4.90 Å². The first kappa shape index (κ1) is 97.6. The van der Waals surface area contributed by atoms with E-state index in [9.17, 15) is 87.5 Å². The Morgan fingerprint density at radius 3 is 1.34 bits per heavy atom. The van der Waals surface area contributed by atoms with Gasteiger partial charge in [-0.3, -0.25) is 81.9 Å². The van der Waals surface area contributed by atoms with Crippen LogP contribution in [0.1, 0.15) is 175 Å². The second-order valence-corrected chi connectivity index (χ2v) is 31.1. The molecule has 0 radical (unpaired) electrons. The van der Waals surface area contributed by atoms with Gasteiger partial charge in [0, 0.05) is 51.9 Å². The van der Waals surface area contributed by atoms with Gasteiger partial charge in [0.2, 0.25) is 82.7 Å². The molecular formula is C78H121N21O20. The molecule has 14 amide bonds. The van der Waals surface area contributed by atoms with Crippen LogP contribution >= 0.6 is 0 Å². The number of amides is 14. The van der Waals surface area contributed by atoms with Gasteiger partial charge in [0.25, 0.3) is 0 Å². The molecule has 2 aromatic carbocycles. The molecule has 2 aromatic rings. The fourth-order valence-corrected chi connectivity index (χ4v) is 14.0. The Morgan fingerprint density at radius 1 is 0.479 bits per heavy atom. The highest BCUT2D eigenvalue weighted by Gasteiger charge is 2.44. The van der Waals surface area contributed by atoms with Gasteiger partial charge in [-0.1, -0.05) is 72.2 Å². The summed E-state index contributed by atoms with van der Waals surface area (Å²) in [5.41, 5.74) is 34.9. The van der Waals surface area contributed by atoms with Crippen LogP contribution in [0.4, 0.5) is 0 Å². The van der Waals surface area contributed by atoms with Crippen molar-refractivity contribution >= 4 is 107 Å². The number of carboxylic acid groups (broad SMARTS) is 2. The number of likely N-dealkylation sites (tertiary alicyclic amines) is 2. The quantitative estimate of drug-likeness (QED) is 0.0172. The van der Waals surface area contributed by atoms with Crippen LogP contribution in [0, 0.1) is 17.8 Å². The van der Waals surface area contributed by atoms with Crippen LogP contribution in [0.25, 0.3) is 0 Å². The maximum atomic E-state index is 15.1. The van der Waals surface area contributed by atoms with Crippen molar-refractivity contribution in [2.24, 2.45) is 62.1 Å². The summed E-state index contributed by atoms with van der Waals surface area (Å²) in [5.74, 6) is -16.7. The van der Waals surface area contributed by atoms with E-state index in [1.807, 2.05) is 0 Å². The molecular weight excluding hydrogens is 1550 g/mol. The molecule has 41 heteroatoms. The fourth-order valence-electron chi connectivity index (χ4n) is 14.0. The number of rotatable bonds is 50. The Bertz CT molecular complexity index is 3910. The minimum Gasteiger partial charge on any atom is -0.508 e. The second kappa shape index (κ2) is 48.7. The van der Waals surface area contributed by atoms with E-state index in [0.29, 0.717) is 24.0 Å². The number of aliphatic imine (C=N–C) groups is 2. The predicted octanol–water partition coefficient (Wildman–Crippen LogP) is -3.81. The number of benzene rings is 2. The highest BCUT2D eigenvalue weighted by atomic mass is 16.4. The predicted molar refractivity (Wildman–Crippen MR) is 433 cm³/mol. The normalized spacial score (nSPS) is 17.8. The number of phenolic OH excluding ortho intramolecular Hbond substituents is 2. The summed E-state index contributed by atoms with van der Waals surface area (Å²) in [5, 5.41) is 68.7. The Balaban J connectivity index is 1.41. The Hall–Kier alpha value is -11.9. The zero-order valence-corrected chi connectivity index (χ0v) is 68.3. The van der Waals surface area contributed by atoms with E-state index < -0.39 is 192 Å². The molecule has 0 unspecified atom stereocenters. The third-order valence-electron chi connectivity index (χ3n) is 20.5. The zero-order valence-electron chi connectivity index (χ0n) is 68.3. The van der Waals surface area contributed by atoms with Crippen LogP contribution in [0.5, 0.6) is 11.5 Å². The summed E-state index contributed by atoms with van der Waals surface area (Å²) < 4.78 is 0. The number of nitrogens with one attached hydrogen (secondary N) is 11. The van der Waals surface area contributed by atoms with Crippen molar-refractivity contribution in [3.63, 3.8) is 0 Å². The monoisotopic (exact) mass is 1670 g/mol. The van der Waals surface area contributed by atoms with Crippen molar-refractivity contribution in [2.45, 2.75) is 255 Å². The average Bonchev–Trinajstić information content (AvgIpc) is 1.76. The smallest absolute Gasteiger partial charge is 0.326 e. The molecule has 658 valence electrons. The molecule has 0 aliphatic carbocycles. The van der Waals surface area contributed by atoms with Crippen LogP contribution in [0.15, 0.2) is 58.5 Å². The zero-order chi connectivity index (χ0) is 88.3. The number of phenols is 2. The summed E-state index contributed by atoms with van der Waals surface area (Å²) in [6.45, 7) is 10.5. The lowest BCUT2D eigenvalue weighted by atomic mass is 9.96. The Morgan fingerprint density at radius 2 is 0.882 bits per heavy atom. The van der Waals surface area contributed by atoms with Crippen molar-refractivity contribution in [1.29, 1.82) is 0 Å². The van der Waals surface area contributed by atoms with Crippen LogP contribution in [0.2, 0.25) is 0 Å². The highest BCUT2D eigenvalue weighted by molar-refractivity contribution is 6.01. The minimum absolute atomic E-state index is 0.00423. The molecule has 3 saturated heterocycles. The van der Waals surface area contributed by atoms with Crippen molar-refractivity contribution in [3.05, 3.63) is 59.7 Å². The van der Waals surface area contributed by atoms with Gasteiger partial charge in [0.05, 0.1) is 6.42 Å². The number of nitrogens with two attached hydrogens (primary N) is 6. The first-order valence-electron chi connectivity index (χ1n) is 40.3. The number of guanidine groups is 2. The van der Waals surface area contributed by atoms with E-state index in [4.69, 9.17) is 34.4 Å². The SMILES string of the molecule is CC[C@H](C)[C@H](NC(=O)[C@H](Cc1ccc(O)cc1)NC(=O)[C@@H]1CCCN1C(=O)[C@H](CCCN=C(N)N)NC(=O)[C@H](CCCN=C(N)N)NC(=O)[C@@H]1CCCN1C(=O)[C@H](CCCCN)NC(=O)[C@H](CC(N)=O)NC(=O)[C@H](CCC(=O)O)NC(=O)[C@H](Cc1ccc(O)cc1)NC(=O)[C@H](CC(C)C)NC(=O)[C@@H]1CCC(=O)N1)C(=O)N[C@H](CC(C)C)C(=O)O. The van der Waals surface area contributed by atoms with Gasteiger partial charge in [0.1, 0.15) is 90.0 Å². The summed E-state index contributed by atoms with van der Waals surface area (Å²) in [6, 6.07) is -7.40. The van der Waals surface area contributed by atoms with Crippen LogP contribution in [-0.4, -0.2) is 248 Å². The van der Waals surface area contributed by atoms with E-state index in [1.165, 1.54) is 53.4 Å². The third-order valence-corrected chi connectivity index (χ3v) is 20.5. The molecule has 14 atom stereocenters. The number of nitrogens with zero attached hydrogens (tertiary/aromatic N) is 4. The summed E-state index contributed by atoms with van der Waals surface area (Å²) >= 11 is 0. The van der Waals surface area contributed by atoms with Crippen molar-refractivity contribution in [3.8, 4) is 11.5 Å². The van der Waals surface area contributed by atoms with Gasteiger partial charge in [0.15, 0.2) is 11.9 Å². The Kier molecular flexibility index (Phi) is 39.9. The van der Waals surface area contributed by atoms with E-state index in [2.05, 4.69) is 68.5 Å². The number of aromatic hydroxyl groups is 2. The van der Waals surface area contributed by atoms with Crippen molar-refractivity contribution in [2.75, 3.05) is 32.7 Å². The van der Waals surface area contributed by atoms with Crippen LogP contribution < -0.4 is 92.9 Å². The molecule has 3 aliphatic rings. The molecule has 119 heavy (non-hydrogen) atoms. The molecule has 0 saturated carbocycles. The number of carboxylic acids is 2. The maximum absolute atomic E-state index is 15.1. The number of aliphatic carboxylic acids is 2. The fraction of sp³-hybridized carbons (Fsp3) is 0.615. The molecule has 0 aromatic heterocycles. The number of carbonyl (C=O) groups excluding carboxylic acids is 14. The van der Waals surface area contributed by atoms with E-state index in [1.54, 1.807) is 41.5 Å². The molecule has 0 bridgehead atoms.